The monoisotopic (exact) mass is 337 g/mol. The van der Waals surface area contributed by atoms with Crippen LogP contribution in [0.25, 0.3) is 6.08 Å². The molecule has 2 aromatic rings. The van der Waals surface area contributed by atoms with Gasteiger partial charge in [0, 0.05) is 50.8 Å². The van der Waals surface area contributed by atoms with Crippen LogP contribution in [0, 0.1) is 0 Å². The summed E-state index contributed by atoms with van der Waals surface area (Å²) in [6, 6.07) is 6.36. The number of aromatic nitrogens is 2. The first-order chi connectivity index (χ1) is 12.2. The Morgan fingerprint density at radius 1 is 1.32 bits per heavy atom. The van der Waals surface area contributed by atoms with E-state index in [9.17, 15) is 4.79 Å². The van der Waals surface area contributed by atoms with Gasteiger partial charge in [-0.1, -0.05) is 6.07 Å². The number of fused-ring (bicyclic) bond motifs is 1. The smallest absolute Gasteiger partial charge is 0.244 e. The number of aryl methyl sites for hydroxylation is 1. The molecule has 0 fully saturated rings. The zero-order chi connectivity index (χ0) is 17.5. The molecule has 1 aliphatic heterocycles. The van der Waals surface area contributed by atoms with Crippen LogP contribution in [0.1, 0.15) is 17.5 Å². The third-order valence-corrected chi connectivity index (χ3v) is 4.18. The fourth-order valence-electron chi connectivity index (χ4n) is 2.91. The highest BCUT2D eigenvalue weighted by molar-refractivity contribution is 5.91. The second-order valence-electron chi connectivity index (χ2n) is 6.06. The maximum Gasteiger partial charge on any atom is 0.244 e. The van der Waals surface area contributed by atoms with Gasteiger partial charge in [-0.05, 0) is 42.2 Å². The van der Waals surface area contributed by atoms with Crippen molar-refractivity contribution in [3.63, 3.8) is 0 Å². The van der Waals surface area contributed by atoms with Crippen LogP contribution in [0.2, 0.25) is 0 Å². The second-order valence-corrected chi connectivity index (χ2v) is 6.06. The summed E-state index contributed by atoms with van der Waals surface area (Å²) in [7, 11) is 2.12. The van der Waals surface area contributed by atoms with E-state index in [0.717, 1.165) is 18.5 Å². The molecule has 3 rings (SSSR count). The molecular formula is C19H23N5O. The van der Waals surface area contributed by atoms with Gasteiger partial charge in [-0.25, -0.2) is 4.98 Å². The number of anilines is 2. The Balaban J connectivity index is 1.46. The Morgan fingerprint density at radius 3 is 3.08 bits per heavy atom. The number of benzene rings is 1. The van der Waals surface area contributed by atoms with Crippen LogP contribution in [0.15, 0.2) is 42.9 Å². The highest BCUT2D eigenvalue weighted by Crippen LogP contribution is 2.27. The molecule has 130 valence electrons. The summed E-state index contributed by atoms with van der Waals surface area (Å²) >= 11 is 0. The summed E-state index contributed by atoms with van der Waals surface area (Å²) in [4.78, 5) is 22.3. The molecule has 25 heavy (non-hydrogen) atoms. The number of nitrogens with zero attached hydrogens (tertiary/aromatic N) is 3. The van der Waals surface area contributed by atoms with Crippen molar-refractivity contribution in [3.05, 3.63) is 54.0 Å². The van der Waals surface area contributed by atoms with Crippen LogP contribution in [0.3, 0.4) is 0 Å². The molecule has 1 aromatic carbocycles. The van der Waals surface area contributed by atoms with Crippen molar-refractivity contribution in [2.24, 2.45) is 0 Å². The minimum Gasteiger partial charge on any atom is -0.374 e. The van der Waals surface area contributed by atoms with Crippen molar-refractivity contribution in [1.82, 2.24) is 15.3 Å². The fraction of sp³-hybridized carbons (Fsp3) is 0.316. The molecule has 0 spiro atoms. The SMILES string of the molecule is CN1CCCc2cc(C=CC(=O)NCCNc3cnccn3)ccc21. The predicted molar refractivity (Wildman–Crippen MR) is 101 cm³/mol. The molecule has 0 unspecified atom stereocenters. The maximum absolute atomic E-state index is 11.9. The molecule has 2 N–H and O–H groups in total. The average Bonchev–Trinajstić information content (AvgIpc) is 2.64. The normalized spacial score (nSPS) is 13.6. The molecule has 0 bridgehead atoms. The number of rotatable bonds is 6. The topological polar surface area (TPSA) is 70.2 Å². The van der Waals surface area contributed by atoms with E-state index >= 15 is 0 Å². The Labute approximate surface area is 148 Å². The summed E-state index contributed by atoms with van der Waals surface area (Å²) in [5, 5.41) is 5.94. The van der Waals surface area contributed by atoms with Crippen molar-refractivity contribution in [3.8, 4) is 0 Å². The zero-order valence-corrected chi connectivity index (χ0v) is 14.4. The van der Waals surface area contributed by atoms with E-state index in [1.807, 2.05) is 6.08 Å². The molecule has 6 nitrogen and oxygen atoms in total. The highest BCUT2D eigenvalue weighted by atomic mass is 16.1. The van der Waals surface area contributed by atoms with E-state index in [1.165, 1.54) is 17.7 Å². The van der Waals surface area contributed by atoms with Gasteiger partial charge in [0.25, 0.3) is 0 Å². The average molecular weight is 337 g/mol. The molecule has 2 heterocycles. The first-order valence-corrected chi connectivity index (χ1v) is 8.52. The van der Waals surface area contributed by atoms with Crippen molar-refractivity contribution >= 4 is 23.5 Å². The molecule has 1 amide bonds. The van der Waals surface area contributed by atoms with Gasteiger partial charge in [0.05, 0.1) is 6.20 Å². The molecule has 0 saturated heterocycles. The number of hydrogen-bond donors (Lipinski definition) is 2. The fourth-order valence-corrected chi connectivity index (χ4v) is 2.91. The van der Waals surface area contributed by atoms with Crippen LogP contribution in [0.4, 0.5) is 11.5 Å². The van der Waals surface area contributed by atoms with Crippen molar-refractivity contribution < 1.29 is 4.79 Å². The lowest BCUT2D eigenvalue weighted by Gasteiger charge is -2.27. The first kappa shape index (κ1) is 17.0. The van der Waals surface area contributed by atoms with Crippen molar-refractivity contribution in [2.75, 3.05) is 36.9 Å². The Morgan fingerprint density at radius 2 is 2.24 bits per heavy atom. The standard InChI is InChI=1S/C19H23N5O/c1-24-12-2-3-16-13-15(4-6-17(16)24)5-7-19(25)23-11-10-22-18-14-20-8-9-21-18/h4-9,13-14H,2-3,10-12H2,1H3,(H,21,22)(H,23,25). The summed E-state index contributed by atoms with van der Waals surface area (Å²) < 4.78 is 0. The van der Waals surface area contributed by atoms with Crippen LogP contribution in [-0.4, -0.2) is 42.6 Å². The van der Waals surface area contributed by atoms with E-state index in [-0.39, 0.29) is 5.91 Å². The van der Waals surface area contributed by atoms with E-state index in [4.69, 9.17) is 0 Å². The number of carbonyl (C=O) groups excluding carboxylic acids is 1. The Hall–Kier alpha value is -2.89. The van der Waals surface area contributed by atoms with Gasteiger partial charge in [0.2, 0.25) is 5.91 Å². The third kappa shape index (κ3) is 4.79. The van der Waals surface area contributed by atoms with Crippen LogP contribution < -0.4 is 15.5 Å². The van der Waals surface area contributed by atoms with Gasteiger partial charge in [-0.2, -0.15) is 0 Å². The van der Waals surface area contributed by atoms with Crippen molar-refractivity contribution in [2.45, 2.75) is 12.8 Å². The molecule has 0 aliphatic carbocycles. The van der Waals surface area contributed by atoms with Crippen LogP contribution >= 0.6 is 0 Å². The number of nitrogens with one attached hydrogen (secondary N) is 2. The molecular weight excluding hydrogens is 314 g/mol. The first-order valence-electron chi connectivity index (χ1n) is 8.52. The van der Waals surface area contributed by atoms with Gasteiger partial charge in [0.1, 0.15) is 5.82 Å². The maximum atomic E-state index is 11.9. The predicted octanol–water partition coefficient (Wildman–Crippen LogP) is 2.10. The summed E-state index contributed by atoms with van der Waals surface area (Å²) in [5.41, 5.74) is 3.70. The molecule has 6 heteroatoms. The summed E-state index contributed by atoms with van der Waals surface area (Å²) in [5.74, 6) is 0.599. The zero-order valence-electron chi connectivity index (χ0n) is 14.4. The van der Waals surface area contributed by atoms with Crippen molar-refractivity contribution in [1.29, 1.82) is 0 Å². The second kappa shape index (κ2) is 8.28. The Kier molecular flexibility index (Phi) is 5.61. The number of hydrogen-bond acceptors (Lipinski definition) is 5. The number of carbonyl (C=O) groups is 1. The van der Waals surface area contributed by atoms with Gasteiger partial charge < -0.3 is 15.5 Å². The van der Waals surface area contributed by atoms with E-state index in [1.54, 1.807) is 24.7 Å². The van der Waals surface area contributed by atoms with Crippen LogP contribution in [-0.2, 0) is 11.2 Å². The van der Waals surface area contributed by atoms with Gasteiger partial charge in [-0.3, -0.25) is 9.78 Å². The molecule has 0 atom stereocenters. The molecule has 1 aromatic heterocycles. The quantitative estimate of drug-likeness (QED) is 0.624. The van der Waals surface area contributed by atoms with Gasteiger partial charge in [0.15, 0.2) is 0 Å². The summed E-state index contributed by atoms with van der Waals surface area (Å²) in [6.07, 6.45) is 10.6. The molecule has 0 saturated carbocycles. The minimum absolute atomic E-state index is 0.101. The lowest BCUT2D eigenvalue weighted by atomic mass is 9.99. The third-order valence-electron chi connectivity index (χ3n) is 4.18. The van der Waals surface area contributed by atoms with Crippen LogP contribution in [0.5, 0.6) is 0 Å². The van der Waals surface area contributed by atoms with Gasteiger partial charge in [-0.15, -0.1) is 0 Å². The molecule has 0 radical (unpaired) electrons. The van der Waals surface area contributed by atoms with E-state index in [0.29, 0.717) is 18.9 Å². The minimum atomic E-state index is -0.101. The summed E-state index contributed by atoms with van der Waals surface area (Å²) in [6.45, 7) is 2.23. The molecule has 1 aliphatic rings. The lowest BCUT2D eigenvalue weighted by molar-refractivity contribution is -0.116. The van der Waals surface area contributed by atoms with Gasteiger partial charge >= 0.3 is 0 Å². The van der Waals surface area contributed by atoms with E-state index in [2.05, 4.69) is 50.7 Å². The Bertz CT molecular complexity index is 745. The lowest BCUT2D eigenvalue weighted by Crippen LogP contribution is -2.27. The van der Waals surface area contributed by atoms with E-state index < -0.39 is 0 Å². The number of amides is 1. The largest absolute Gasteiger partial charge is 0.374 e. The highest BCUT2D eigenvalue weighted by Gasteiger charge is 2.12.